The Morgan fingerprint density at radius 2 is 2.22 bits per heavy atom. The van der Waals surface area contributed by atoms with Crippen molar-refractivity contribution in [2.45, 2.75) is 26.6 Å². The predicted octanol–water partition coefficient (Wildman–Crippen LogP) is 0.494. The smallest absolute Gasteiger partial charge is 0.152 e. The number of pyridine rings is 1. The van der Waals surface area contributed by atoms with E-state index in [2.05, 4.69) is 24.6 Å². The van der Waals surface area contributed by atoms with Crippen LogP contribution in [0.3, 0.4) is 0 Å². The highest BCUT2D eigenvalue weighted by Crippen LogP contribution is 2.19. The van der Waals surface area contributed by atoms with Crippen LogP contribution >= 0.6 is 0 Å². The molecule has 1 N–H and O–H groups in total. The summed E-state index contributed by atoms with van der Waals surface area (Å²) in [5, 5.41) is 17.1. The van der Waals surface area contributed by atoms with Crippen LogP contribution in [0.2, 0.25) is 0 Å². The van der Waals surface area contributed by atoms with Crippen molar-refractivity contribution in [3.63, 3.8) is 0 Å². The maximum absolute atomic E-state index is 9.15. The zero-order valence-corrected chi connectivity index (χ0v) is 10.2. The lowest BCUT2D eigenvalue weighted by Gasteiger charge is -2.28. The lowest BCUT2D eigenvalue weighted by molar-refractivity contribution is 0.280. The Bertz CT molecular complexity index is 565. The first-order valence-corrected chi connectivity index (χ1v) is 5.97. The summed E-state index contributed by atoms with van der Waals surface area (Å²) in [6.45, 7) is 4.46. The van der Waals surface area contributed by atoms with Crippen LogP contribution in [0.1, 0.15) is 17.1 Å². The molecule has 1 aliphatic heterocycles. The molecule has 0 aromatic carbocycles. The van der Waals surface area contributed by atoms with E-state index in [1.54, 1.807) is 6.33 Å². The molecule has 0 aliphatic carbocycles. The number of hydrogen-bond donors (Lipinski definition) is 1. The van der Waals surface area contributed by atoms with Gasteiger partial charge in [0.05, 0.1) is 13.2 Å². The molecule has 18 heavy (non-hydrogen) atoms. The second-order valence-electron chi connectivity index (χ2n) is 4.43. The Morgan fingerprint density at radius 1 is 1.33 bits per heavy atom. The molecular formula is C12H15N5O. The number of rotatable bonds is 2. The topological polar surface area (TPSA) is 67.1 Å². The average molecular weight is 245 g/mol. The average Bonchev–Trinajstić information content (AvgIpc) is 2.85. The normalized spacial score (nSPS) is 14.7. The van der Waals surface area contributed by atoms with Crippen molar-refractivity contribution in [3.8, 4) is 0 Å². The second kappa shape index (κ2) is 4.38. The van der Waals surface area contributed by atoms with Crippen LogP contribution in [0.25, 0.3) is 0 Å². The van der Waals surface area contributed by atoms with E-state index in [0.717, 1.165) is 42.5 Å². The van der Waals surface area contributed by atoms with Crippen molar-refractivity contribution in [2.75, 3.05) is 11.4 Å². The molecular weight excluding hydrogens is 230 g/mol. The van der Waals surface area contributed by atoms with Gasteiger partial charge in [-0.3, -0.25) is 0 Å². The molecule has 94 valence electrons. The van der Waals surface area contributed by atoms with Crippen molar-refractivity contribution in [1.29, 1.82) is 0 Å². The van der Waals surface area contributed by atoms with Crippen LogP contribution in [-0.2, 0) is 19.7 Å². The Kier molecular flexibility index (Phi) is 2.71. The third-order valence-electron chi connectivity index (χ3n) is 3.31. The van der Waals surface area contributed by atoms with Crippen molar-refractivity contribution >= 4 is 5.82 Å². The summed E-state index contributed by atoms with van der Waals surface area (Å²) in [5.41, 5.74) is 1.75. The minimum absolute atomic E-state index is 0.0352. The fourth-order valence-corrected chi connectivity index (χ4v) is 2.18. The monoisotopic (exact) mass is 245 g/mol. The van der Waals surface area contributed by atoms with Crippen LogP contribution in [0.15, 0.2) is 18.5 Å². The number of aliphatic hydroxyl groups excluding tert-OH is 1. The molecule has 0 radical (unpaired) electrons. The van der Waals surface area contributed by atoms with E-state index < -0.39 is 0 Å². The van der Waals surface area contributed by atoms with Gasteiger partial charge in [-0.15, -0.1) is 10.2 Å². The zero-order valence-electron chi connectivity index (χ0n) is 10.2. The first kappa shape index (κ1) is 11.2. The van der Waals surface area contributed by atoms with Gasteiger partial charge in [-0.1, -0.05) is 6.07 Å². The number of anilines is 1. The second-order valence-corrected chi connectivity index (χ2v) is 4.43. The summed E-state index contributed by atoms with van der Waals surface area (Å²) >= 11 is 0. The van der Waals surface area contributed by atoms with Gasteiger partial charge in [-0.05, 0) is 18.6 Å². The van der Waals surface area contributed by atoms with Gasteiger partial charge in [0.25, 0.3) is 0 Å². The third kappa shape index (κ3) is 1.84. The largest absolute Gasteiger partial charge is 0.392 e. The highest BCUT2D eigenvalue weighted by atomic mass is 16.3. The van der Waals surface area contributed by atoms with Gasteiger partial charge in [0.15, 0.2) is 5.82 Å². The maximum Gasteiger partial charge on any atom is 0.152 e. The summed E-state index contributed by atoms with van der Waals surface area (Å²) in [4.78, 5) is 6.71. The van der Waals surface area contributed by atoms with Crippen LogP contribution in [-0.4, -0.2) is 31.4 Å². The van der Waals surface area contributed by atoms with E-state index in [-0.39, 0.29) is 6.61 Å². The maximum atomic E-state index is 9.15. The first-order chi connectivity index (χ1) is 8.78. The lowest BCUT2D eigenvalue weighted by Crippen LogP contribution is -2.34. The fourth-order valence-electron chi connectivity index (χ4n) is 2.18. The van der Waals surface area contributed by atoms with Crippen LogP contribution in [0.4, 0.5) is 5.82 Å². The van der Waals surface area contributed by atoms with Gasteiger partial charge in [-0.2, -0.15) is 0 Å². The molecule has 0 amide bonds. The number of hydrogen-bond acceptors (Lipinski definition) is 5. The van der Waals surface area contributed by atoms with Crippen LogP contribution < -0.4 is 4.90 Å². The van der Waals surface area contributed by atoms with Gasteiger partial charge < -0.3 is 14.6 Å². The number of fused-ring (bicyclic) bond motifs is 1. The van der Waals surface area contributed by atoms with E-state index in [4.69, 9.17) is 5.11 Å². The standard InChI is InChI=1S/C12H15N5O/c1-9-10(7-18)2-3-11(14-9)16-4-5-17-8-13-15-12(17)6-16/h2-3,8,18H,4-7H2,1H3. The molecule has 0 saturated heterocycles. The Labute approximate surface area is 105 Å². The molecule has 0 saturated carbocycles. The Hall–Kier alpha value is -1.95. The molecule has 3 rings (SSSR count). The van der Waals surface area contributed by atoms with E-state index in [1.165, 1.54) is 0 Å². The summed E-state index contributed by atoms with van der Waals surface area (Å²) in [6.07, 6.45) is 1.76. The highest BCUT2D eigenvalue weighted by Gasteiger charge is 2.18. The highest BCUT2D eigenvalue weighted by molar-refractivity contribution is 5.42. The molecule has 6 heteroatoms. The Balaban J connectivity index is 1.86. The molecule has 0 atom stereocenters. The van der Waals surface area contributed by atoms with Crippen molar-refractivity contribution in [1.82, 2.24) is 19.7 Å². The zero-order chi connectivity index (χ0) is 12.5. The number of aryl methyl sites for hydroxylation is 1. The fraction of sp³-hybridized carbons (Fsp3) is 0.417. The summed E-state index contributed by atoms with van der Waals surface area (Å²) < 4.78 is 2.06. The predicted molar refractivity (Wildman–Crippen MR) is 66.0 cm³/mol. The SMILES string of the molecule is Cc1nc(N2CCn3cnnc3C2)ccc1CO. The quantitative estimate of drug-likeness (QED) is 0.834. The van der Waals surface area contributed by atoms with Gasteiger partial charge in [0, 0.05) is 18.8 Å². The molecule has 6 nitrogen and oxygen atoms in total. The van der Waals surface area contributed by atoms with E-state index in [0.29, 0.717) is 0 Å². The van der Waals surface area contributed by atoms with Crippen LogP contribution in [0, 0.1) is 6.92 Å². The minimum Gasteiger partial charge on any atom is -0.392 e. The third-order valence-corrected chi connectivity index (χ3v) is 3.31. The first-order valence-electron chi connectivity index (χ1n) is 5.97. The number of aliphatic hydroxyl groups is 1. The van der Waals surface area contributed by atoms with E-state index >= 15 is 0 Å². The molecule has 2 aromatic rings. The molecule has 0 bridgehead atoms. The molecule has 2 aromatic heterocycles. The molecule has 0 unspecified atom stereocenters. The molecule has 0 fully saturated rings. The Morgan fingerprint density at radius 3 is 3.00 bits per heavy atom. The minimum atomic E-state index is 0.0352. The van der Waals surface area contributed by atoms with Gasteiger partial charge in [-0.25, -0.2) is 4.98 Å². The summed E-state index contributed by atoms with van der Waals surface area (Å²) in [7, 11) is 0. The van der Waals surface area contributed by atoms with E-state index in [9.17, 15) is 0 Å². The summed E-state index contributed by atoms with van der Waals surface area (Å²) in [6, 6.07) is 3.88. The number of aromatic nitrogens is 4. The lowest BCUT2D eigenvalue weighted by atomic mass is 10.2. The number of nitrogens with zero attached hydrogens (tertiary/aromatic N) is 5. The van der Waals surface area contributed by atoms with Gasteiger partial charge in [0.1, 0.15) is 12.1 Å². The van der Waals surface area contributed by atoms with Gasteiger partial charge in [0.2, 0.25) is 0 Å². The summed E-state index contributed by atoms with van der Waals surface area (Å²) in [5.74, 6) is 1.89. The van der Waals surface area contributed by atoms with Crippen LogP contribution in [0.5, 0.6) is 0 Å². The molecule has 1 aliphatic rings. The van der Waals surface area contributed by atoms with E-state index in [1.807, 2.05) is 19.1 Å². The molecule has 3 heterocycles. The van der Waals surface area contributed by atoms with Crippen molar-refractivity contribution in [2.24, 2.45) is 0 Å². The van der Waals surface area contributed by atoms with Crippen molar-refractivity contribution < 1.29 is 5.11 Å². The molecule has 0 spiro atoms. The van der Waals surface area contributed by atoms with Crippen molar-refractivity contribution in [3.05, 3.63) is 35.5 Å². The van der Waals surface area contributed by atoms with Gasteiger partial charge >= 0.3 is 0 Å².